The smallest absolute Gasteiger partial charge is 0.269 e. The highest BCUT2D eigenvalue weighted by molar-refractivity contribution is 6.91. The number of nitro benzene ring substituents is 1. The van der Waals surface area contributed by atoms with Gasteiger partial charge in [0.1, 0.15) is 5.75 Å². The maximum absolute atomic E-state index is 15.4. The quantitative estimate of drug-likeness (QED) is 0.0987. The number of hydrogen-bond donors (Lipinski definition) is 3. The third kappa shape index (κ3) is 7.39. The number of carbonyl (C=O) groups is 3. The lowest BCUT2D eigenvalue weighted by Crippen LogP contribution is -2.52. The van der Waals surface area contributed by atoms with E-state index in [0.717, 1.165) is 41.3 Å². The van der Waals surface area contributed by atoms with Crippen LogP contribution in [0, 0.1) is 22.0 Å². The van der Waals surface area contributed by atoms with E-state index >= 15 is 4.79 Å². The first-order valence-corrected chi connectivity index (χ1v) is 23.9. The normalized spacial score (nSPS) is 24.9. The molecule has 4 aromatic rings. The molecule has 2 fully saturated rings. The van der Waals surface area contributed by atoms with Crippen molar-refractivity contribution in [3.8, 4) is 5.75 Å². The second kappa shape index (κ2) is 16.6. The van der Waals surface area contributed by atoms with Crippen molar-refractivity contribution >= 4 is 48.0 Å². The van der Waals surface area contributed by atoms with Crippen molar-refractivity contribution in [3.05, 3.63) is 123 Å². The number of nitro groups is 1. The van der Waals surface area contributed by atoms with E-state index in [9.17, 15) is 24.8 Å². The second-order valence-corrected chi connectivity index (χ2v) is 22.0. The van der Waals surface area contributed by atoms with E-state index < -0.39 is 36.7 Å². The van der Waals surface area contributed by atoms with Crippen LogP contribution in [0.4, 0.5) is 17.1 Å². The third-order valence-corrected chi connectivity index (χ3v) is 17.9. The van der Waals surface area contributed by atoms with Gasteiger partial charge in [-0.25, -0.2) is 0 Å². The van der Waals surface area contributed by atoms with Crippen LogP contribution in [-0.2, 0) is 44.2 Å². The standard InChI is InChI=1S/C46H53N5O8Si/c1-29-43(60(3,4)38-18-16-37(58-2)17-19-38)41(24-42(53)49-27-33-9-6-5-8-31(33)22-36(49)28-52)59-46(29)39-23-35(51(56)57)15-20-40(39)50(45(46)55)26-30-11-13-34(14-12-30)48-44(54)32-10-7-21-47-25-32/h5-6,8-9,11-20,23,29,32,36,41,43,47,52H,7,10,21-22,24-28H2,1-4H3,(H,48,54)/t29-,32?,36+,41+,43-,46+/m1/s1. The van der Waals surface area contributed by atoms with Crippen LogP contribution in [0.3, 0.4) is 0 Å². The van der Waals surface area contributed by atoms with Gasteiger partial charge in [0.25, 0.3) is 11.6 Å². The molecule has 60 heavy (non-hydrogen) atoms. The predicted octanol–water partition coefficient (Wildman–Crippen LogP) is 5.64. The summed E-state index contributed by atoms with van der Waals surface area (Å²) in [5.74, 6) is -0.444. The third-order valence-electron chi connectivity index (χ3n) is 13.5. The van der Waals surface area contributed by atoms with Crippen molar-refractivity contribution in [2.24, 2.45) is 11.8 Å². The molecule has 1 unspecified atom stereocenters. The topological polar surface area (TPSA) is 164 Å². The Labute approximate surface area is 351 Å². The minimum Gasteiger partial charge on any atom is -0.497 e. The van der Waals surface area contributed by atoms with Crippen LogP contribution in [-0.4, -0.2) is 79.7 Å². The van der Waals surface area contributed by atoms with Gasteiger partial charge in [-0.1, -0.05) is 73.7 Å². The highest BCUT2D eigenvalue weighted by Gasteiger charge is 2.67. The summed E-state index contributed by atoms with van der Waals surface area (Å²) in [5, 5.41) is 30.2. The van der Waals surface area contributed by atoms with Gasteiger partial charge in [-0.05, 0) is 78.4 Å². The van der Waals surface area contributed by atoms with Crippen molar-refractivity contribution in [1.29, 1.82) is 0 Å². The number of anilines is 2. The Morgan fingerprint density at radius 1 is 1.05 bits per heavy atom. The lowest BCUT2D eigenvalue weighted by molar-refractivity contribution is -0.385. The molecule has 314 valence electrons. The molecule has 4 aliphatic heterocycles. The van der Waals surface area contributed by atoms with Gasteiger partial charge in [0.05, 0.1) is 63.4 Å². The van der Waals surface area contributed by atoms with Crippen LogP contribution in [0.1, 0.15) is 48.4 Å². The number of fused-ring (bicyclic) bond motifs is 3. The molecule has 4 heterocycles. The second-order valence-electron chi connectivity index (χ2n) is 17.3. The van der Waals surface area contributed by atoms with Gasteiger partial charge in [-0.2, -0.15) is 0 Å². The number of ether oxygens (including phenoxy) is 2. The predicted molar refractivity (Wildman–Crippen MR) is 231 cm³/mol. The molecule has 8 rings (SSSR count). The Balaban J connectivity index is 1.15. The lowest BCUT2D eigenvalue weighted by Gasteiger charge is -2.39. The molecule has 13 nitrogen and oxygen atoms in total. The molecular formula is C46H53N5O8Si. The van der Waals surface area contributed by atoms with E-state index in [4.69, 9.17) is 9.47 Å². The van der Waals surface area contributed by atoms with Crippen LogP contribution in [0.5, 0.6) is 5.75 Å². The molecule has 2 saturated heterocycles. The summed E-state index contributed by atoms with van der Waals surface area (Å²) in [6.07, 6.45) is 1.54. The summed E-state index contributed by atoms with van der Waals surface area (Å²) in [5.41, 5.74) is 2.43. The van der Waals surface area contributed by atoms with Gasteiger partial charge in [0.15, 0.2) is 5.60 Å². The number of amides is 3. The molecule has 6 atom stereocenters. The highest BCUT2D eigenvalue weighted by Crippen LogP contribution is 2.60. The molecule has 4 aromatic carbocycles. The number of aliphatic hydroxyl groups excluding tert-OH is 1. The fourth-order valence-electron chi connectivity index (χ4n) is 10.3. The maximum atomic E-state index is 15.4. The summed E-state index contributed by atoms with van der Waals surface area (Å²) >= 11 is 0. The van der Waals surface area contributed by atoms with E-state index in [-0.39, 0.29) is 54.4 Å². The molecule has 3 N–H and O–H groups in total. The molecule has 0 saturated carbocycles. The van der Waals surface area contributed by atoms with Crippen LogP contribution in [0.2, 0.25) is 18.6 Å². The summed E-state index contributed by atoms with van der Waals surface area (Å²) in [4.78, 5) is 58.1. The fraction of sp³-hybridized carbons (Fsp3) is 0.413. The van der Waals surface area contributed by atoms with Gasteiger partial charge < -0.3 is 35.0 Å². The van der Waals surface area contributed by atoms with Crippen molar-refractivity contribution in [1.82, 2.24) is 10.2 Å². The Hall–Kier alpha value is -5.41. The molecule has 0 radical (unpaired) electrons. The molecule has 0 aromatic heterocycles. The van der Waals surface area contributed by atoms with E-state index in [1.165, 1.54) is 12.1 Å². The van der Waals surface area contributed by atoms with E-state index in [1.54, 1.807) is 23.0 Å². The zero-order valence-electron chi connectivity index (χ0n) is 34.6. The number of carbonyl (C=O) groups excluding carboxylic acids is 3. The van der Waals surface area contributed by atoms with Crippen molar-refractivity contribution in [3.63, 3.8) is 0 Å². The first-order chi connectivity index (χ1) is 28.8. The number of nitrogens with one attached hydrogen (secondary N) is 2. The monoisotopic (exact) mass is 831 g/mol. The summed E-state index contributed by atoms with van der Waals surface area (Å²) in [7, 11) is -1.04. The summed E-state index contributed by atoms with van der Waals surface area (Å²) < 4.78 is 12.7. The Morgan fingerprint density at radius 3 is 2.45 bits per heavy atom. The zero-order chi connectivity index (χ0) is 42.3. The van der Waals surface area contributed by atoms with E-state index in [1.807, 2.05) is 79.7 Å². The van der Waals surface area contributed by atoms with Gasteiger partial charge in [-0.3, -0.25) is 24.5 Å². The minimum atomic E-state index is -2.66. The Morgan fingerprint density at radius 2 is 1.78 bits per heavy atom. The van der Waals surface area contributed by atoms with Crippen LogP contribution in [0.15, 0.2) is 91.0 Å². The number of aliphatic hydroxyl groups is 1. The van der Waals surface area contributed by atoms with Crippen molar-refractivity contribution < 1.29 is 33.9 Å². The fourth-order valence-corrected chi connectivity index (χ4v) is 14.3. The number of methoxy groups -OCH3 is 1. The highest BCUT2D eigenvalue weighted by atomic mass is 28.3. The van der Waals surface area contributed by atoms with Gasteiger partial charge in [0.2, 0.25) is 11.8 Å². The zero-order valence-corrected chi connectivity index (χ0v) is 35.6. The summed E-state index contributed by atoms with van der Waals surface area (Å²) in [6.45, 7) is 8.30. The summed E-state index contributed by atoms with van der Waals surface area (Å²) in [6, 6.07) is 27.3. The van der Waals surface area contributed by atoms with Gasteiger partial charge >= 0.3 is 0 Å². The SMILES string of the molecule is COc1ccc([Si](C)(C)[C@H]2[C@H](CC(=O)N3Cc4ccccc4C[C@H]3CO)O[C@@]3(C(=O)N(Cc4ccc(NC(=O)C5CCCNC5)cc4)c4ccc([N+](=O)[O-])cc43)[C@@H]2C)cc1. The average Bonchev–Trinajstić information content (AvgIpc) is 3.69. The van der Waals surface area contributed by atoms with Crippen LogP contribution < -0.4 is 25.5 Å². The first-order valence-electron chi connectivity index (χ1n) is 20.9. The number of non-ortho nitro benzene ring substituents is 1. The largest absolute Gasteiger partial charge is 0.497 e. The van der Waals surface area contributed by atoms with E-state index in [0.29, 0.717) is 42.2 Å². The van der Waals surface area contributed by atoms with Gasteiger partial charge in [0, 0.05) is 42.4 Å². The average molecular weight is 832 g/mol. The number of rotatable bonds is 11. The molecule has 1 spiro atoms. The molecule has 0 bridgehead atoms. The van der Waals surface area contributed by atoms with Crippen molar-refractivity contribution in [2.75, 3.05) is 37.0 Å². The molecule has 14 heteroatoms. The van der Waals surface area contributed by atoms with Crippen LogP contribution in [0.25, 0.3) is 0 Å². The number of hydrogen-bond acceptors (Lipinski definition) is 9. The molecular weight excluding hydrogens is 779 g/mol. The molecule has 4 aliphatic rings. The lowest BCUT2D eigenvalue weighted by atomic mass is 9.82. The maximum Gasteiger partial charge on any atom is 0.269 e. The number of piperidine rings is 1. The minimum absolute atomic E-state index is 0.0322. The van der Waals surface area contributed by atoms with E-state index in [2.05, 4.69) is 23.7 Å². The van der Waals surface area contributed by atoms with Gasteiger partial charge in [-0.15, -0.1) is 0 Å². The molecule has 0 aliphatic carbocycles. The Kier molecular flexibility index (Phi) is 11.4. The Bertz CT molecular complexity index is 2280. The number of nitrogens with zero attached hydrogens (tertiary/aromatic N) is 3. The van der Waals surface area contributed by atoms with Crippen molar-refractivity contribution in [2.45, 2.75) is 82.1 Å². The van der Waals surface area contributed by atoms with Crippen LogP contribution >= 0.6 is 0 Å². The number of benzene rings is 4. The molecule has 3 amide bonds. The first kappa shape index (κ1) is 41.3.